The number of carbonyl (C=O) groups is 1. The minimum atomic E-state index is -4.81. The maximum absolute atomic E-state index is 14.7. The molecule has 2 aromatic carbocycles. The molecule has 3 rings (SSSR count). The maximum Gasteiger partial charge on any atom is 0.417 e. The van der Waals surface area contributed by atoms with Crippen LogP contribution in [-0.4, -0.2) is 41.7 Å². The van der Waals surface area contributed by atoms with Crippen LogP contribution in [0.1, 0.15) is 25.0 Å². The molecule has 1 heterocycles. The molecule has 0 bridgehead atoms. The lowest BCUT2D eigenvalue weighted by Gasteiger charge is -2.29. The van der Waals surface area contributed by atoms with Crippen LogP contribution in [0, 0.1) is 17.1 Å². The number of amides is 1. The molecule has 0 aliphatic carbocycles. The molecule has 1 aliphatic rings. The van der Waals surface area contributed by atoms with Crippen LogP contribution in [0.4, 0.5) is 28.9 Å². The Labute approximate surface area is 213 Å². The van der Waals surface area contributed by atoms with Gasteiger partial charge in [-0.2, -0.15) is 18.4 Å². The lowest BCUT2D eigenvalue weighted by molar-refractivity contribution is -0.137. The Morgan fingerprint density at radius 3 is 2.40 bits per heavy atom. The van der Waals surface area contributed by atoms with E-state index in [1.54, 1.807) is 0 Å². The molecule has 0 aromatic heterocycles. The first kappa shape index (κ1) is 26.8. The number of hydrogen-bond acceptors (Lipinski definition) is 5. The molecule has 186 valence electrons. The van der Waals surface area contributed by atoms with Crippen molar-refractivity contribution in [3.05, 3.63) is 53.3 Å². The standard InChI is InChI=1S/C23H20BrF4N3O3S/c1-22(2)20(32)30(15-4-3-14(13-29)17(11-15)23(26,27)28)21(35)31(22)16-5-6-19(18(25)12-16)34-10-9-33-8-7-24/h3-6,11-12H,7-10H2,1-2H3. The van der Waals surface area contributed by atoms with E-state index < -0.39 is 34.6 Å². The molecule has 0 saturated carbocycles. The van der Waals surface area contributed by atoms with Crippen molar-refractivity contribution in [2.45, 2.75) is 25.6 Å². The van der Waals surface area contributed by atoms with Crippen molar-refractivity contribution in [3.8, 4) is 11.8 Å². The first-order chi connectivity index (χ1) is 16.4. The Hall–Kier alpha value is -2.75. The van der Waals surface area contributed by atoms with Crippen LogP contribution in [0.2, 0.25) is 0 Å². The van der Waals surface area contributed by atoms with Gasteiger partial charge in [0.2, 0.25) is 0 Å². The van der Waals surface area contributed by atoms with E-state index in [-0.39, 0.29) is 35.5 Å². The number of ether oxygens (including phenoxy) is 2. The summed E-state index contributed by atoms with van der Waals surface area (Å²) in [4.78, 5) is 15.5. The third-order valence-corrected chi connectivity index (χ3v) is 5.92. The molecule has 6 nitrogen and oxygen atoms in total. The van der Waals surface area contributed by atoms with E-state index in [4.69, 9.17) is 27.0 Å². The molecule has 0 unspecified atom stereocenters. The van der Waals surface area contributed by atoms with Crippen molar-refractivity contribution in [3.63, 3.8) is 0 Å². The number of nitrogens with zero attached hydrogens (tertiary/aromatic N) is 3. The van der Waals surface area contributed by atoms with Crippen LogP contribution >= 0.6 is 28.1 Å². The van der Waals surface area contributed by atoms with E-state index in [2.05, 4.69) is 15.9 Å². The maximum atomic E-state index is 14.7. The minimum absolute atomic E-state index is 0.0239. The van der Waals surface area contributed by atoms with Crippen LogP contribution in [0.15, 0.2) is 36.4 Å². The Bertz CT molecular complexity index is 1180. The van der Waals surface area contributed by atoms with Crippen LogP contribution < -0.4 is 14.5 Å². The van der Waals surface area contributed by atoms with Crippen LogP contribution in [0.25, 0.3) is 0 Å². The number of rotatable bonds is 8. The highest BCUT2D eigenvalue weighted by Crippen LogP contribution is 2.40. The van der Waals surface area contributed by atoms with Gasteiger partial charge in [-0.25, -0.2) is 4.39 Å². The van der Waals surface area contributed by atoms with Gasteiger partial charge < -0.3 is 14.4 Å². The zero-order valence-electron chi connectivity index (χ0n) is 18.7. The van der Waals surface area contributed by atoms with Crippen molar-refractivity contribution >= 4 is 50.5 Å². The molecule has 2 aromatic rings. The quantitative estimate of drug-likeness (QED) is 0.182. The zero-order valence-corrected chi connectivity index (χ0v) is 21.1. The summed E-state index contributed by atoms with van der Waals surface area (Å²) in [6.45, 7) is 3.94. The number of alkyl halides is 4. The topological polar surface area (TPSA) is 65.8 Å². The van der Waals surface area contributed by atoms with E-state index in [0.717, 1.165) is 17.0 Å². The molecule has 35 heavy (non-hydrogen) atoms. The molecule has 0 spiro atoms. The van der Waals surface area contributed by atoms with Gasteiger partial charge in [0, 0.05) is 17.1 Å². The van der Waals surface area contributed by atoms with Crippen molar-refractivity contribution in [2.24, 2.45) is 0 Å². The Morgan fingerprint density at radius 2 is 1.80 bits per heavy atom. The number of nitriles is 1. The highest BCUT2D eigenvalue weighted by Gasteiger charge is 2.50. The first-order valence-corrected chi connectivity index (χ1v) is 11.8. The highest BCUT2D eigenvalue weighted by atomic mass is 79.9. The van der Waals surface area contributed by atoms with Gasteiger partial charge in [0.1, 0.15) is 12.1 Å². The van der Waals surface area contributed by atoms with Crippen LogP contribution in [0.5, 0.6) is 5.75 Å². The Balaban J connectivity index is 1.91. The van der Waals surface area contributed by atoms with Gasteiger partial charge in [-0.05, 0) is 56.4 Å². The first-order valence-electron chi connectivity index (χ1n) is 10.3. The number of carbonyl (C=O) groups excluding carboxylic acids is 1. The fourth-order valence-corrected chi connectivity index (χ4v) is 4.32. The van der Waals surface area contributed by atoms with E-state index in [9.17, 15) is 22.4 Å². The van der Waals surface area contributed by atoms with Gasteiger partial charge in [-0.15, -0.1) is 0 Å². The molecule has 12 heteroatoms. The molecular weight excluding hydrogens is 554 g/mol. The van der Waals surface area contributed by atoms with E-state index >= 15 is 0 Å². The summed E-state index contributed by atoms with van der Waals surface area (Å²) in [6, 6.07) is 8.42. The molecule has 0 N–H and O–H groups in total. The summed E-state index contributed by atoms with van der Waals surface area (Å²) in [6.07, 6.45) is -4.81. The molecule has 0 radical (unpaired) electrons. The Morgan fingerprint density at radius 1 is 1.11 bits per heavy atom. The van der Waals surface area contributed by atoms with Gasteiger partial charge in [0.25, 0.3) is 5.91 Å². The zero-order chi connectivity index (χ0) is 26.0. The largest absolute Gasteiger partial charge is 0.488 e. The number of benzene rings is 2. The fourth-order valence-electron chi connectivity index (χ4n) is 3.57. The molecule has 0 atom stereocenters. The Kier molecular flexibility index (Phi) is 8.03. The lowest BCUT2D eigenvalue weighted by Crippen LogP contribution is -2.44. The summed E-state index contributed by atoms with van der Waals surface area (Å²) >= 11 is 8.67. The SMILES string of the molecule is CC1(C)C(=O)N(c2ccc(C#N)c(C(F)(F)F)c2)C(=S)N1c1ccc(OCCOCCBr)c(F)c1. The van der Waals surface area contributed by atoms with E-state index in [1.807, 2.05) is 0 Å². The third-order valence-electron chi connectivity index (χ3n) is 5.24. The molecular formula is C23H20BrF4N3O3S. The lowest BCUT2D eigenvalue weighted by atomic mass is 10.0. The summed E-state index contributed by atoms with van der Waals surface area (Å²) in [5.41, 5.74) is -3.02. The number of halogens is 5. The number of anilines is 2. The molecule has 1 amide bonds. The summed E-state index contributed by atoms with van der Waals surface area (Å²) < 4.78 is 65.8. The van der Waals surface area contributed by atoms with Crippen molar-refractivity contribution in [1.29, 1.82) is 5.26 Å². The second-order valence-electron chi connectivity index (χ2n) is 7.92. The van der Waals surface area contributed by atoms with Crippen LogP contribution in [0.3, 0.4) is 0 Å². The van der Waals surface area contributed by atoms with E-state index in [0.29, 0.717) is 18.0 Å². The fraction of sp³-hybridized carbons (Fsp3) is 0.348. The minimum Gasteiger partial charge on any atom is -0.488 e. The van der Waals surface area contributed by atoms with Crippen molar-refractivity contribution < 1.29 is 31.8 Å². The predicted molar refractivity (Wildman–Crippen MR) is 129 cm³/mol. The molecule has 1 fully saturated rings. The summed E-state index contributed by atoms with van der Waals surface area (Å²) in [7, 11) is 0. The number of thiocarbonyl (C=S) groups is 1. The third kappa shape index (κ3) is 5.42. The second-order valence-corrected chi connectivity index (χ2v) is 9.08. The summed E-state index contributed by atoms with van der Waals surface area (Å²) in [5.74, 6) is -1.33. The smallest absolute Gasteiger partial charge is 0.417 e. The predicted octanol–water partition coefficient (Wildman–Crippen LogP) is 5.42. The normalized spacial score (nSPS) is 15.5. The number of hydrogen-bond donors (Lipinski definition) is 0. The summed E-state index contributed by atoms with van der Waals surface area (Å²) in [5, 5.41) is 9.57. The highest BCUT2D eigenvalue weighted by molar-refractivity contribution is 9.09. The van der Waals surface area contributed by atoms with Crippen molar-refractivity contribution in [2.75, 3.05) is 35.0 Å². The van der Waals surface area contributed by atoms with Gasteiger partial charge >= 0.3 is 6.18 Å². The average molecular weight is 574 g/mol. The molecule has 1 saturated heterocycles. The van der Waals surface area contributed by atoms with Crippen LogP contribution in [-0.2, 0) is 15.7 Å². The van der Waals surface area contributed by atoms with Gasteiger partial charge in [-0.3, -0.25) is 9.69 Å². The van der Waals surface area contributed by atoms with Crippen molar-refractivity contribution in [1.82, 2.24) is 0 Å². The van der Waals surface area contributed by atoms with Gasteiger partial charge in [-0.1, -0.05) is 15.9 Å². The van der Waals surface area contributed by atoms with Gasteiger partial charge in [0.05, 0.1) is 36.1 Å². The average Bonchev–Trinajstić information content (AvgIpc) is 2.97. The second kappa shape index (κ2) is 10.5. The monoisotopic (exact) mass is 573 g/mol. The van der Waals surface area contributed by atoms with Gasteiger partial charge in [0.15, 0.2) is 16.7 Å². The molecule has 1 aliphatic heterocycles. The van der Waals surface area contributed by atoms with E-state index in [1.165, 1.54) is 43.0 Å².